The van der Waals surface area contributed by atoms with E-state index in [-0.39, 0.29) is 17.8 Å². The predicted molar refractivity (Wildman–Crippen MR) is 122 cm³/mol. The number of fused-ring (bicyclic) bond motifs is 1. The van der Waals surface area contributed by atoms with Crippen molar-refractivity contribution >= 4 is 30.4 Å². The van der Waals surface area contributed by atoms with E-state index in [0.29, 0.717) is 23.3 Å². The highest BCUT2D eigenvalue weighted by atomic mass is 35.5. The number of nitrogens with zero attached hydrogens (tertiary/aromatic N) is 4. The van der Waals surface area contributed by atoms with Crippen LogP contribution in [-0.2, 0) is 20.5 Å². The van der Waals surface area contributed by atoms with Crippen LogP contribution in [0.4, 0.5) is 0 Å². The van der Waals surface area contributed by atoms with Crippen LogP contribution in [0, 0.1) is 0 Å². The highest BCUT2D eigenvalue weighted by Crippen LogP contribution is 2.41. The van der Waals surface area contributed by atoms with Gasteiger partial charge >= 0.3 is 7.60 Å². The number of benzene rings is 1. The Morgan fingerprint density at radius 3 is 2.68 bits per heavy atom. The maximum atomic E-state index is 11.0. The third-order valence-electron chi connectivity index (χ3n) is 5.88. The van der Waals surface area contributed by atoms with Gasteiger partial charge in [0.15, 0.2) is 11.9 Å². The van der Waals surface area contributed by atoms with Gasteiger partial charge in [-0.05, 0) is 36.4 Å². The molecular formula is C21H26ClN4O7P. The molecule has 5 atom stereocenters. The molecule has 1 aromatic carbocycles. The summed E-state index contributed by atoms with van der Waals surface area (Å²) in [6.07, 6.45) is -2.41. The van der Waals surface area contributed by atoms with Gasteiger partial charge in [0.05, 0.1) is 18.6 Å². The van der Waals surface area contributed by atoms with Crippen molar-refractivity contribution in [3.8, 4) is 0 Å². The van der Waals surface area contributed by atoms with Crippen molar-refractivity contribution < 1.29 is 34.0 Å². The number of imidazole rings is 1. The number of hydrogen-bond acceptors (Lipinski definition) is 8. The monoisotopic (exact) mass is 512 g/mol. The second-order valence-electron chi connectivity index (χ2n) is 8.64. The highest BCUT2D eigenvalue weighted by Gasteiger charge is 2.53. The van der Waals surface area contributed by atoms with Gasteiger partial charge in [-0.3, -0.25) is 9.13 Å². The Morgan fingerprint density at radius 2 is 2.00 bits per heavy atom. The van der Waals surface area contributed by atoms with E-state index in [9.17, 15) is 14.8 Å². The topological polar surface area (TPSA) is 160 Å². The lowest BCUT2D eigenvalue weighted by Gasteiger charge is -2.27. The van der Waals surface area contributed by atoms with Crippen molar-refractivity contribution in [2.24, 2.45) is 0 Å². The number of hydrogen-bond donors (Lipinski definition) is 4. The van der Waals surface area contributed by atoms with Crippen LogP contribution in [0.1, 0.15) is 37.3 Å². The van der Waals surface area contributed by atoms with Crippen LogP contribution in [0.2, 0.25) is 5.28 Å². The van der Waals surface area contributed by atoms with Crippen LogP contribution in [0.5, 0.6) is 0 Å². The molecule has 0 unspecified atom stereocenters. The van der Waals surface area contributed by atoms with Crippen LogP contribution < -0.4 is 0 Å². The minimum Gasteiger partial charge on any atom is -0.387 e. The van der Waals surface area contributed by atoms with E-state index < -0.39 is 38.0 Å². The van der Waals surface area contributed by atoms with Gasteiger partial charge in [0, 0.05) is 0 Å². The molecule has 0 amide bonds. The lowest BCUT2D eigenvalue weighted by molar-refractivity contribution is -0.0959. The minimum absolute atomic E-state index is 0.00391. The summed E-state index contributed by atoms with van der Waals surface area (Å²) in [4.78, 5) is 31.0. The predicted octanol–water partition coefficient (Wildman–Crippen LogP) is 1.99. The molecule has 1 fully saturated rings. The van der Waals surface area contributed by atoms with Gasteiger partial charge in [0.25, 0.3) is 0 Å². The zero-order chi connectivity index (χ0) is 24.7. The summed E-state index contributed by atoms with van der Waals surface area (Å²) in [6, 6.07) is 9.94. The molecule has 13 heteroatoms. The molecule has 2 aromatic heterocycles. The van der Waals surface area contributed by atoms with Crippen LogP contribution in [0.3, 0.4) is 0 Å². The molecule has 4 rings (SSSR count). The van der Waals surface area contributed by atoms with E-state index in [1.807, 2.05) is 30.3 Å². The molecule has 3 heterocycles. The zero-order valence-corrected chi connectivity index (χ0v) is 20.2. The minimum atomic E-state index is -4.38. The SMILES string of the molecule is C[C@@H](Cc1nc(Cl)nc2c1ncn2[C@@H]1O[C@H](COCP(=O)(O)O)[C@@H](O)[C@@]1(C)O)c1ccccc1. The summed E-state index contributed by atoms with van der Waals surface area (Å²) >= 11 is 6.22. The Bertz CT molecular complexity index is 1200. The number of halogens is 1. The second-order valence-corrected chi connectivity index (χ2v) is 10.6. The third kappa shape index (κ3) is 5.17. The standard InChI is InChI=1S/C21H26ClN4O7P/c1-12(13-6-4-3-5-7-13)8-14-16-18(25-20(22)24-14)26(10-23-16)19-21(2,28)17(27)15(33-19)9-32-11-34(29,30)31/h3-7,10,12,15,17,19,27-28H,8-9,11H2,1-2H3,(H2,29,30,31)/t12-,15+,17+,19+,21+/m0/s1. The van der Waals surface area contributed by atoms with Crippen molar-refractivity contribution in [3.63, 3.8) is 0 Å². The Hall–Kier alpha value is -1.95. The third-order valence-corrected chi connectivity index (χ3v) is 6.57. The van der Waals surface area contributed by atoms with Gasteiger partial charge in [0.1, 0.15) is 29.7 Å². The molecule has 4 N–H and O–H groups in total. The van der Waals surface area contributed by atoms with E-state index >= 15 is 0 Å². The Kier molecular flexibility index (Phi) is 7.10. The fourth-order valence-electron chi connectivity index (χ4n) is 4.11. The van der Waals surface area contributed by atoms with E-state index in [1.165, 1.54) is 17.8 Å². The number of aliphatic hydroxyl groups excluding tert-OH is 1. The first-order chi connectivity index (χ1) is 16.0. The highest BCUT2D eigenvalue weighted by molar-refractivity contribution is 7.51. The van der Waals surface area contributed by atoms with Crippen molar-refractivity contribution in [2.75, 3.05) is 13.0 Å². The second kappa shape index (κ2) is 9.60. The van der Waals surface area contributed by atoms with Crippen molar-refractivity contribution in [1.29, 1.82) is 0 Å². The molecule has 11 nitrogen and oxygen atoms in total. The molecule has 34 heavy (non-hydrogen) atoms. The molecule has 184 valence electrons. The molecule has 1 aliphatic heterocycles. The molecule has 3 aromatic rings. The smallest absolute Gasteiger partial charge is 0.350 e. The maximum absolute atomic E-state index is 11.0. The van der Waals surface area contributed by atoms with Gasteiger partial charge in [-0.1, -0.05) is 37.3 Å². The van der Waals surface area contributed by atoms with E-state index in [1.54, 1.807) is 0 Å². The summed E-state index contributed by atoms with van der Waals surface area (Å²) < 4.78 is 23.3. The van der Waals surface area contributed by atoms with Crippen molar-refractivity contribution in [3.05, 3.63) is 53.2 Å². The summed E-state index contributed by atoms with van der Waals surface area (Å²) in [7, 11) is -4.38. The van der Waals surface area contributed by atoms with Gasteiger partial charge in [-0.2, -0.15) is 4.98 Å². The number of ether oxygens (including phenoxy) is 2. The number of aromatic nitrogens is 4. The Morgan fingerprint density at radius 1 is 1.29 bits per heavy atom. The van der Waals surface area contributed by atoms with Crippen LogP contribution in [0.15, 0.2) is 36.7 Å². The average Bonchev–Trinajstić information content (AvgIpc) is 3.27. The molecule has 0 aliphatic carbocycles. The number of rotatable bonds is 8. The van der Waals surface area contributed by atoms with E-state index in [2.05, 4.69) is 21.9 Å². The average molecular weight is 513 g/mol. The quantitative estimate of drug-likeness (QED) is 0.259. The van der Waals surface area contributed by atoms with Gasteiger partial charge < -0.3 is 29.5 Å². The summed E-state index contributed by atoms with van der Waals surface area (Å²) in [6.45, 7) is 3.12. The summed E-state index contributed by atoms with van der Waals surface area (Å²) in [5, 5.41) is 21.6. The van der Waals surface area contributed by atoms with Crippen molar-refractivity contribution in [2.45, 2.75) is 50.2 Å². The van der Waals surface area contributed by atoms with Gasteiger partial charge in [-0.15, -0.1) is 0 Å². The fraction of sp³-hybridized carbons (Fsp3) is 0.476. The summed E-state index contributed by atoms with van der Waals surface area (Å²) in [5.41, 5.74) is 0.795. The lowest BCUT2D eigenvalue weighted by atomic mass is 9.96. The van der Waals surface area contributed by atoms with Crippen molar-refractivity contribution in [1.82, 2.24) is 19.5 Å². The first-order valence-corrected chi connectivity index (χ1v) is 12.8. The largest absolute Gasteiger partial charge is 0.387 e. The number of aliphatic hydroxyl groups is 2. The Labute approximate surface area is 200 Å². The molecule has 1 saturated heterocycles. The first kappa shape index (κ1) is 25.2. The van der Waals surface area contributed by atoms with Crippen LogP contribution in [0.25, 0.3) is 11.2 Å². The molecule has 1 aliphatic rings. The zero-order valence-electron chi connectivity index (χ0n) is 18.5. The molecule has 0 spiro atoms. The molecular weight excluding hydrogens is 487 g/mol. The summed E-state index contributed by atoms with van der Waals surface area (Å²) in [5.74, 6) is 0.128. The Balaban J connectivity index is 1.61. The first-order valence-electron chi connectivity index (χ1n) is 10.6. The van der Waals surface area contributed by atoms with E-state index in [4.69, 9.17) is 30.9 Å². The fourth-order valence-corrected chi connectivity index (χ4v) is 4.64. The van der Waals surface area contributed by atoms with Crippen LogP contribution >= 0.6 is 19.2 Å². The maximum Gasteiger partial charge on any atom is 0.350 e. The normalized spacial score (nSPS) is 26.3. The molecule has 0 radical (unpaired) electrons. The van der Waals surface area contributed by atoms with Gasteiger partial charge in [0.2, 0.25) is 5.28 Å². The molecule has 0 saturated carbocycles. The van der Waals surface area contributed by atoms with Gasteiger partial charge in [-0.25, -0.2) is 9.97 Å². The lowest BCUT2D eigenvalue weighted by Crippen LogP contribution is -2.44. The van der Waals surface area contributed by atoms with E-state index in [0.717, 1.165) is 5.56 Å². The molecule has 0 bridgehead atoms. The van der Waals surface area contributed by atoms with Crippen LogP contribution in [-0.4, -0.2) is 70.3 Å².